The van der Waals surface area contributed by atoms with Gasteiger partial charge in [-0.15, -0.1) is 0 Å². The molecule has 0 aromatic heterocycles. The van der Waals surface area contributed by atoms with Crippen molar-refractivity contribution in [1.29, 1.82) is 0 Å². The van der Waals surface area contributed by atoms with Gasteiger partial charge in [0.25, 0.3) is 0 Å². The fraction of sp³-hybridized carbons (Fsp3) is 1.00. The predicted molar refractivity (Wildman–Crippen MR) is 45.5 cm³/mol. The summed E-state index contributed by atoms with van der Waals surface area (Å²) >= 11 is 0. The Bertz CT molecular complexity index is 105. The Morgan fingerprint density at radius 1 is 1.64 bits per heavy atom. The van der Waals surface area contributed by atoms with Crippen molar-refractivity contribution in [1.82, 2.24) is 5.32 Å². The molecule has 0 aromatic carbocycles. The molecule has 0 radical (unpaired) electrons. The molecule has 1 fully saturated rings. The molecule has 11 heavy (non-hydrogen) atoms. The molecule has 0 unspecified atom stereocenters. The summed E-state index contributed by atoms with van der Waals surface area (Å²) in [5.41, 5.74) is 5.76. The van der Waals surface area contributed by atoms with Crippen LogP contribution in [0.3, 0.4) is 0 Å². The van der Waals surface area contributed by atoms with Crippen molar-refractivity contribution in [2.45, 2.75) is 25.3 Å². The molecule has 3 heteroatoms. The first-order valence-corrected chi connectivity index (χ1v) is 4.36. The monoisotopic (exact) mass is 158 g/mol. The van der Waals surface area contributed by atoms with Gasteiger partial charge in [-0.3, -0.25) is 0 Å². The zero-order chi connectivity index (χ0) is 8.16. The lowest BCUT2D eigenvalue weighted by Crippen LogP contribution is -2.56. The van der Waals surface area contributed by atoms with Gasteiger partial charge in [-0.05, 0) is 19.4 Å². The molecule has 0 spiro atoms. The molecule has 1 heterocycles. The van der Waals surface area contributed by atoms with Gasteiger partial charge >= 0.3 is 0 Å². The lowest BCUT2D eigenvalue weighted by Gasteiger charge is -2.36. The third kappa shape index (κ3) is 2.15. The maximum absolute atomic E-state index is 5.68. The van der Waals surface area contributed by atoms with Crippen LogP contribution in [0, 0.1) is 0 Å². The van der Waals surface area contributed by atoms with Crippen LogP contribution in [0.5, 0.6) is 0 Å². The van der Waals surface area contributed by atoms with E-state index >= 15 is 0 Å². The van der Waals surface area contributed by atoms with Gasteiger partial charge in [-0.2, -0.15) is 0 Å². The van der Waals surface area contributed by atoms with Crippen LogP contribution in [-0.4, -0.2) is 31.8 Å². The molecule has 1 atom stereocenters. The molecule has 66 valence electrons. The average molecular weight is 158 g/mol. The maximum atomic E-state index is 5.68. The molecule has 0 aliphatic carbocycles. The van der Waals surface area contributed by atoms with Crippen LogP contribution in [0.25, 0.3) is 0 Å². The van der Waals surface area contributed by atoms with Crippen LogP contribution in [0.15, 0.2) is 0 Å². The number of likely N-dealkylation sites (N-methyl/N-ethyl adjacent to an activating group) is 1. The molecule has 0 amide bonds. The first-order chi connectivity index (χ1) is 5.33. The summed E-state index contributed by atoms with van der Waals surface area (Å²) in [5, 5.41) is 3.40. The fourth-order valence-electron chi connectivity index (χ4n) is 1.60. The minimum Gasteiger partial charge on any atom is -0.379 e. The summed E-state index contributed by atoms with van der Waals surface area (Å²) in [4.78, 5) is 0. The standard InChI is InChI=1S/C8H18N2O/c1-2-10-8(6-9)4-3-5-11-7-8/h10H,2-7,9H2,1H3/t8-/m1/s1. The second kappa shape index (κ2) is 4.04. The van der Waals surface area contributed by atoms with Gasteiger partial charge in [0.2, 0.25) is 0 Å². The third-order valence-corrected chi connectivity index (χ3v) is 2.26. The first kappa shape index (κ1) is 8.97. The number of nitrogens with one attached hydrogen (secondary N) is 1. The van der Waals surface area contributed by atoms with Crippen molar-refractivity contribution >= 4 is 0 Å². The quantitative estimate of drug-likeness (QED) is 0.612. The Hall–Kier alpha value is -0.120. The van der Waals surface area contributed by atoms with E-state index in [1.165, 1.54) is 0 Å². The molecule has 0 aromatic rings. The third-order valence-electron chi connectivity index (χ3n) is 2.26. The molecular weight excluding hydrogens is 140 g/mol. The van der Waals surface area contributed by atoms with Gasteiger partial charge in [0.05, 0.1) is 12.1 Å². The van der Waals surface area contributed by atoms with E-state index in [1.54, 1.807) is 0 Å². The molecule has 3 nitrogen and oxygen atoms in total. The SMILES string of the molecule is CCN[C@@]1(CN)CCCOC1. The summed E-state index contributed by atoms with van der Waals surface area (Å²) < 4.78 is 5.39. The minimum atomic E-state index is 0.0764. The molecule has 1 rings (SSSR count). The van der Waals surface area contributed by atoms with Crippen molar-refractivity contribution in [3.63, 3.8) is 0 Å². The molecule has 1 aliphatic rings. The molecular formula is C8H18N2O. The van der Waals surface area contributed by atoms with Gasteiger partial charge in [0.1, 0.15) is 0 Å². The van der Waals surface area contributed by atoms with Crippen molar-refractivity contribution < 1.29 is 4.74 Å². The lowest BCUT2D eigenvalue weighted by molar-refractivity contribution is 0.0250. The second-order valence-electron chi connectivity index (χ2n) is 3.17. The minimum absolute atomic E-state index is 0.0764. The largest absolute Gasteiger partial charge is 0.379 e. The van der Waals surface area contributed by atoms with Crippen LogP contribution in [0.1, 0.15) is 19.8 Å². The highest BCUT2D eigenvalue weighted by atomic mass is 16.5. The lowest BCUT2D eigenvalue weighted by atomic mass is 9.92. The summed E-state index contributed by atoms with van der Waals surface area (Å²) in [6, 6.07) is 0. The van der Waals surface area contributed by atoms with Crippen LogP contribution < -0.4 is 11.1 Å². The number of rotatable bonds is 3. The van der Waals surface area contributed by atoms with Gasteiger partial charge in [0, 0.05) is 13.2 Å². The van der Waals surface area contributed by atoms with Gasteiger partial charge in [0.15, 0.2) is 0 Å². The van der Waals surface area contributed by atoms with E-state index in [4.69, 9.17) is 10.5 Å². The van der Waals surface area contributed by atoms with Crippen molar-refractivity contribution in [3.05, 3.63) is 0 Å². The highest BCUT2D eigenvalue weighted by Gasteiger charge is 2.29. The van der Waals surface area contributed by atoms with Crippen LogP contribution >= 0.6 is 0 Å². The highest BCUT2D eigenvalue weighted by molar-refractivity contribution is 4.90. The number of hydrogen-bond donors (Lipinski definition) is 2. The molecule has 0 bridgehead atoms. The normalized spacial score (nSPS) is 32.2. The first-order valence-electron chi connectivity index (χ1n) is 4.36. The molecule has 3 N–H and O–H groups in total. The van der Waals surface area contributed by atoms with E-state index in [2.05, 4.69) is 12.2 Å². The number of nitrogens with two attached hydrogens (primary N) is 1. The Morgan fingerprint density at radius 3 is 2.91 bits per heavy atom. The van der Waals surface area contributed by atoms with E-state index < -0.39 is 0 Å². The Labute approximate surface area is 68.3 Å². The van der Waals surface area contributed by atoms with Crippen molar-refractivity contribution in [2.24, 2.45) is 5.73 Å². The van der Waals surface area contributed by atoms with E-state index in [0.717, 1.165) is 32.6 Å². The molecule has 0 saturated carbocycles. The average Bonchev–Trinajstić information content (AvgIpc) is 2.07. The van der Waals surface area contributed by atoms with Gasteiger partial charge < -0.3 is 15.8 Å². The summed E-state index contributed by atoms with van der Waals surface area (Å²) in [5.74, 6) is 0. The number of hydrogen-bond acceptors (Lipinski definition) is 3. The topological polar surface area (TPSA) is 47.3 Å². The van der Waals surface area contributed by atoms with Gasteiger partial charge in [-0.1, -0.05) is 6.92 Å². The second-order valence-corrected chi connectivity index (χ2v) is 3.17. The molecule has 1 aliphatic heterocycles. The van der Waals surface area contributed by atoms with Crippen LogP contribution in [-0.2, 0) is 4.74 Å². The Balaban J connectivity index is 2.42. The van der Waals surface area contributed by atoms with Crippen molar-refractivity contribution in [3.8, 4) is 0 Å². The Kier molecular flexibility index (Phi) is 3.30. The smallest absolute Gasteiger partial charge is 0.0660 e. The highest BCUT2D eigenvalue weighted by Crippen LogP contribution is 2.17. The summed E-state index contributed by atoms with van der Waals surface area (Å²) in [6.07, 6.45) is 2.28. The predicted octanol–water partition coefficient (Wildman–Crippen LogP) is 0.104. The van der Waals surface area contributed by atoms with Gasteiger partial charge in [-0.25, -0.2) is 0 Å². The Morgan fingerprint density at radius 2 is 2.45 bits per heavy atom. The van der Waals surface area contributed by atoms with E-state index in [9.17, 15) is 0 Å². The zero-order valence-corrected chi connectivity index (χ0v) is 7.23. The van der Waals surface area contributed by atoms with E-state index in [1.807, 2.05) is 0 Å². The molecule has 1 saturated heterocycles. The van der Waals surface area contributed by atoms with Crippen LogP contribution in [0.4, 0.5) is 0 Å². The fourth-order valence-corrected chi connectivity index (χ4v) is 1.60. The van der Waals surface area contributed by atoms with E-state index in [0.29, 0.717) is 6.54 Å². The zero-order valence-electron chi connectivity index (χ0n) is 7.23. The summed E-state index contributed by atoms with van der Waals surface area (Å²) in [7, 11) is 0. The van der Waals surface area contributed by atoms with E-state index in [-0.39, 0.29) is 5.54 Å². The summed E-state index contributed by atoms with van der Waals surface area (Å²) in [6.45, 7) is 5.43. The van der Waals surface area contributed by atoms with Crippen molar-refractivity contribution in [2.75, 3.05) is 26.3 Å². The van der Waals surface area contributed by atoms with Crippen LogP contribution in [0.2, 0.25) is 0 Å². The maximum Gasteiger partial charge on any atom is 0.0660 e. The number of ether oxygens (including phenoxy) is 1.